The third-order valence-corrected chi connectivity index (χ3v) is 2.68. The highest BCUT2D eigenvalue weighted by Gasteiger charge is 2.13. The molecule has 0 spiro atoms. The van der Waals surface area contributed by atoms with Gasteiger partial charge in [0, 0.05) is 18.8 Å². The molecule has 0 radical (unpaired) electrons. The van der Waals surface area contributed by atoms with Gasteiger partial charge in [-0.3, -0.25) is 9.88 Å². The zero-order chi connectivity index (χ0) is 12.8. The summed E-state index contributed by atoms with van der Waals surface area (Å²) in [6.45, 7) is 2.57. The van der Waals surface area contributed by atoms with Gasteiger partial charge in [-0.2, -0.15) is 0 Å². The molecule has 0 fully saturated rings. The van der Waals surface area contributed by atoms with Crippen molar-refractivity contribution in [3.8, 4) is 0 Å². The molecule has 0 aliphatic heterocycles. The molecule has 94 valence electrons. The van der Waals surface area contributed by atoms with Crippen molar-refractivity contribution in [3.05, 3.63) is 29.6 Å². The zero-order valence-electron chi connectivity index (χ0n) is 10.0. The van der Waals surface area contributed by atoms with E-state index in [1.807, 2.05) is 24.9 Å². The number of aromatic nitrogens is 1. The summed E-state index contributed by atoms with van der Waals surface area (Å²) in [7, 11) is 1.89. The van der Waals surface area contributed by atoms with Crippen LogP contribution < -0.4 is 5.73 Å². The Morgan fingerprint density at radius 1 is 1.65 bits per heavy atom. The summed E-state index contributed by atoms with van der Waals surface area (Å²) in [5.41, 5.74) is 6.87. The van der Waals surface area contributed by atoms with Crippen molar-refractivity contribution in [2.24, 2.45) is 10.9 Å². The Bertz CT molecular complexity index is 395. The van der Waals surface area contributed by atoms with Crippen molar-refractivity contribution < 1.29 is 10.3 Å². The fraction of sp³-hybridized carbons (Fsp3) is 0.455. The molecule has 0 aliphatic carbocycles. The number of rotatable bonds is 5. The molecule has 0 bridgehead atoms. The molecule has 6 nitrogen and oxygen atoms in total. The highest BCUT2D eigenvalue weighted by Crippen LogP contribution is 2.09. The molecule has 0 amide bonds. The number of amidine groups is 1. The van der Waals surface area contributed by atoms with Gasteiger partial charge in [0.2, 0.25) is 0 Å². The van der Waals surface area contributed by atoms with Gasteiger partial charge in [0.15, 0.2) is 5.84 Å². The van der Waals surface area contributed by atoms with Gasteiger partial charge in [0.05, 0.1) is 6.61 Å². The molecule has 0 aromatic carbocycles. The summed E-state index contributed by atoms with van der Waals surface area (Å²) in [6, 6.07) is 3.69. The molecule has 6 heteroatoms. The third kappa shape index (κ3) is 3.40. The van der Waals surface area contributed by atoms with Crippen LogP contribution in [-0.4, -0.2) is 45.7 Å². The second-order valence-electron chi connectivity index (χ2n) is 3.94. The Kier molecular flexibility index (Phi) is 4.86. The van der Waals surface area contributed by atoms with E-state index in [2.05, 4.69) is 10.1 Å². The first-order valence-electron chi connectivity index (χ1n) is 5.33. The minimum Gasteiger partial charge on any atom is -0.409 e. The molecule has 0 aliphatic rings. The van der Waals surface area contributed by atoms with Crippen LogP contribution >= 0.6 is 0 Å². The van der Waals surface area contributed by atoms with Crippen LogP contribution in [0.15, 0.2) is 23.5 Å². The number of oxime groups is 1. The number of likely N-dealkylation sites (N-methyl/N-ethyl adjacent to an activating group) is 1. The summed E-state index contributed by atoms with van der Waals surface area (Å²) in [5, 5.41) is 20.7. The Balaban J connectivity index is 2.91. The number of hydrogen-bond acceptors (Lipinski definition) is 5. The van der Waals surface area contributed by atoms with E-state index in [-0.39, 0.29) is 18.5 Å². The highest BCUT2D eigenvalue weighted by atomic mass is 16.4. The lowest BCUT2D eigenvalue weighted by molar-refractivity contribution is 0.154. The molecule has 0 saturated heterocycles. The minimum absolute atomic E-state index is 0.00866. The largest absolute Gasteiger partial charge is 0.409 e. The van der Waals surface area contributed by atoms with Crippen LogP contribution in [0.5, 0.6) is 0 Å². The van der Waals surface area contributed by atoms with Crippen molar-refractivity contribution in [2.75, 3.05) is 13.7 Å². The summed E-state index contributed by atoms with van der Waals surface area (Å²) in [5.74, 6) is -0.00866. The summed E-state index contributed by atoms with van der Waals surface area (Å²) >= 11 is 0. The average Bonchev–Trinajstić information content (AvgIpc) is 2.37. The van der Waals surface area contributed by atoms with Crippen LogP contribution in [0.4, 0.5) is 0 Å². The molecule has 1 unspecified atom stereocenters. The normalized spacial score (nSPS) is 14.0. The fourth-order valence-electron chi connectivity index (χ4n) is 1.41. The van der Waals surface area contributed by atoms with E-state index in [0.29, 0.717) is 12.2 Å². The van der Waals surface area contributed by atoms with Gasteiger partial charge in [-0.1, -0.05) is 11.2 Å². The first-order chi connectivity index (χ1) is 8.10. The molecule has 1 aromatic rings. The van der Waals surface area contributed by atoms with Gasteiger partial charge in [-0.25, -0.2) is 0 Å². The maximum atomic E-state index is 9.06. The quantitative estimate of drug-likeness (QED) is 0.290. The van der Waals surface area contributed by atoms with Crippen molar-refractivity contribution in [1.29, 1.82) is 0 Å². The lowest BCUT2D eigenvalue weighted by Gasteiger charge is -2.23. The SMILES string of the molecule is CC(CO)N(C)Cc1cccnc1/C(N)=N/O. The second kappa shape index (κ2) is 6.17. The van der Waals surface area contributed by atoms with Crippen LogP contribution in [-0.2, 0) is 6.54 Å². The van der Waals surface area contributed by atoms with E-state index in [1.165, 1.54) is 0 Å². The van der Waals surface area contributed by atoms with Crippen LogP contribution in [0.1, 0.15) is 18.2 Å². The van der Waals surface area contributed by atoms with Crippen molar-refractivity contribution >= 4 is 5.84 Å². The standard InChI is InChI=1S/C11H18N4O2/c1-8(7-16)15(2)6-9-4-3-5-13-10(9)11(12)14-17/h3-5,8,16-17H,6-7H2,1-2H3,(H2,12,14). The lowest BCUT2D eigenvalue weighted by Crippen LogP contribution is -2.32. The molecule has 4 N–H and O–H groups in total. The van der Waals surface area contributed by atoms with Gasteiger partial charge in [-0.15, -0.1) is 0 Å². The van der Waals surface area contributed by atoms with Gasteiger partial charge in [0.25, 0.3) is 0 Å². The van der Waals surface area contributed by atoms with Gasteiger partial charge in [-0.05, 0) is 25.6 Å². The number of nitrogens with zero attached hydrogens (tertiary/aromatic N) is 3. The van der Waals surface area contributed by atoms with E-state index >= 15 is 0 Å². The fourth-order valence-corrected chi connectivity index (χ4v) is 1.41. The summed E-state index contributed by atoms with van der Waals surface area (Å²) in [6.07, 6.45) is 1.59. The van der Waals surface area contributed by atoms with Crippen molar-refractivity contribution in [2.45, 2.75) is 19.5 Å². The number of aliphatic hydroxyl groups is 1. The molecule has 1 atom stereocenters. The smallest absolute Gasteiger partial charge is 0.189 e. The van der Waals surface area contributed by atoms with Crippen LogP contribution in [0.2, 0.25) is 0 Å². The summed E-state index contributed by atoms with van der Waals surface area (Å²) < 4.78 is 0. The first-order valence-corrected chi connectivity index (χ1v) is 5.33. The number of nitrogens with two attached hydrogens (primary N) is 1. The van der Waals surface area contributed by atoms with Crippen molar-refractivity contribution in [1.82, 2.24) is 9.88 Å². The van der Waals surface area contributed by atoms with Crippen LogP contribution in [0.3, 0.4) is 0 Å². The Morgan fingerprint density at radius 2 is 2.35 bits per heavy atom. The van der Waals surface area contributed by atoms with Crippen molar-refractivity contribution in [3.63, 3.8) is 0 Å². The minimum atomic E-state index is -0.00866. The third-order valence-electron chi connectivity index (χ3n) is 2.68. The number of hydrogen-bond donors (Lipinski definition) is 3. The second-order valence-corrected chi connectivity index (χ2v) is 3.94. The van der Waals surface area contributed by atoms with Gasteiger partial charge < -0.3 is 16.0 Å². The zero-order valence-corrected chi connectivity index (χ0v) is 10.0. The Labute approximate surface area is 100 Å². The average molecular weight is 238 g/mol. The topological polar surface area (TPSA) is 95.0 Å². The van der Waals surface area contributed by atoms with Crippen LogP contribution in [0, 0.1) is 0 Å². The highest BCUT2D eigenvalue weighted by molar-refractivity contribution is 5.96. The maximum Gasteiger partial charge on any atom is 0.189 e. The van der Waals surface area contributed by atoms with Crippen LogP contribution in [0.25, 0.3) is 0 Å². The lowest BCUT2D eigenvalue weighted by atomic mass is 10.1. The number of aliphatic hydroxyl groups excluding tert-OH is 1. The van der Waals surface area contributed by atoms with E-state index in [0.717, 1.165) is 5.56 Å². The van der Waals surface area contributed by atoms with E-state index in [4.69, 9.17) is 16.0 Å². The van der Waals surface area contributed by atoms with Gasteiger partial charge >= 0.3 is 0 Å². The maximum absolute atomic E-state index is 9.06. The molecule has 1 heterocycles. The molecule has 1 rings (SSSR count). The number of pyridine rings is 1. The molecular weight excluding hydrogens is 220 g/mol. The predicted octanol–water partition coefficient (Wildman–Crippen LogP) is -0.0113. The summed E-state index contributed by atoms with van der Waals surface area (Å²) in [4.78, 5) is 6.05. The Hall–Kier alpha value is -1.66. The Morgan fingerprint density at radius 3 is 2.94 bits per heavy atom. The first kappa shape index (κ1) is 13.4. The molecular formula is C11H18N4O2. The molecule has 0 saturated carbocycles. The monoisotopic (exact) mass is 238 g/mol. The van der Waals surface area contributed by atoms with Gasteiger partial charge in [0.1, 0.15) is 5.69 Å². The van der Waals surface area contributed by atoms with E-state index in [9.17, 15) is 0 Å². The van der Waals surface area contributed by atoms with E-state index < -0.39 is 0 Å². The van der Waals surface area contributed by atoms with E-state index in [1.54, 1.807) is 12.3 Å². The predicted molar refractivity (Wildman–Crippen MR) is 64.8 cm³/mol. The molecule has 17 heavy (non-hydrogen) atoms. The molecule has 1 aromatic heterocycles.